The van der Waals surface area contributed by atoms with Crippen molar-refractivity contribution in [1.29, 1.82) is 0 Å². The van der Waals surface area contributed by atoms with Crippen LogP contribution in [0.25, 0.3) is 10.8 Å². The third-order valence-electron chi connectivity index (χ3n) is 10.3. The van der Waals surface area contributed by atoms with Crippen LogP contribution in [0.5, 0.6) is 0 Å². The number of aromatic nitrogens is 4. The number of primary amides is 1. The number of carboxylic acid groups (broad SMARTS) is 1. The maximum absolute atomic E-state index is 14.8. The van der Waals surface area contributed by atoms with Crippen molar-refractivity contribution < 1.29 is 39.0 Å². The summed E-state index contributed by atoms with van der Waals surface area (Å²) in [5, 5.41) is 37.4. The van der Waals surface area contributed by atoms with E-state index >= 15 is 0 Å². The molecule has 17 nitrogen and oxygen atoms in total. The van der Waals surface area contributed by atoms with Gasteiger partial charge in [-0.3, -0.25) is 29.0 Å². The maximum Gasteiger partial charge on any atom is 0.404 e. The molecule has 0 bridgehead atoms. The number of Topliss-reactive ketones (excluding diaryl/α,β-unsaturated/α-hetero) is 1. The Morgan fingerprint density at radius 1 is 0.981 bits per heavy atom. The van der Waals surface area contributed by atoms with E-state index < -0.39 is 65.3 Å². The zero-order chi connectivity index (χ0) is 39.0. The van der Waals surface area contributed by atoms with Gasteiger partial charge in [-0.25, -0.2) is 9.48 Å². The average Bonchev–Trinajstić information content (AvgIpc) is 3.82. The van der Waals surface area contributed by atoms with Crippen LogP contribution in [-0.2, 0) is 24.8 Å². The first-order valence-electron chi connectivity index (χ1n) is 18.4. The molecule has 17 heteroatoms. The fourth-order valence-corrected chi connectivity index (χ4v) is 7.46. The van der Waals surface area contributed by atoms with Gasteiger partial charge in [0.05, 0.1) is 24.0 Å². The predicted octanol–water partition coefficient (Wildman–Crippen LogP) is 1.94. The summed E-state index contributed by atoms with van der Waals surface area (Å²) in [6.07, 6.45) is 9.36. The van der Waals surface area contributed by atoms with E-state index in [4.69, 9.17) is 10.8 Å². The Morgan fingerprint density at radius 2 is 1.74 bits per heavy atom. The molecule has 4 atom stereocenters. The number of fused-ring (bicyclic) bond motifs is 1. The molecule has 3 heterocycles. The van der Waals surface area contributed by atoms with Gasteiger partial charge >= 0.3 is 6.09 Å². The van der Waals surface area contributed by atoms with E-state index in [0.29, 0.717) is 24.1 Å². The fraction of sp³-hybridized carbons (Fsp3) is 0.541. The van der Waals surface area contributed by atoms with E-state index in [-0.39, 0.29) is 38.3 Å². The summed E-state index contributed by atoms with van der Waals surface area (Å²) < 4.78 is 1.48. The molecular formula is C37H49N9O8. The molecule has 1 aliphatic carbocycles. The Morgan fingerprint density at radius 3 is 2.44 bits per heavy atom. The average molecular weight is 748 g/mol. The van der Waals surface area contributed by atoms with Crippen LogP contribution in [-0.4, -0.2) is 102 Å². The number of likely N-dealkylation sites (tertiary alicyclic amines) is 1. The largest absolute Gasteiger partial charge is 0.465 e. The lowest BCUT2D eigenvalue weighted by atomic mass is 9.84. The summed E-state index contributed by atoms with van der Waals surface area (Å²) in [4.78, 5) is 83.9. The lowest BCUT2D eigenvalue weighted by molar-refractivity contribution is -0.142. The number of benzene rings is 1. The van der Waals surface area contributed by atoms with Crippen molar-refractivity contribution >= 4 is 46.3 Å². The van der Waals surface area contributed by atoms with Crippen molar-refractivity contribution in [3.05, 3.63) is 54.1 Å². The van der Waals surface area contributed by atoms with E-state index in [1.54, 1.807) is 50.5 Å². The minimum Gasteiger partial charge on any atom is -0.465 e. The van der Waals surface area contributed by atoms with Crippen molar-refractivity contribution in [3.63, 3.8) is 0 Å². The summed E-state index contributed by atoms with van der Waals surface area (Å²) in [6, 6.07) is 2.85. The SMILES string of the molecule is CC(C)(O)c1cnnn1[C@H]1C[C@@H](C(=O)NC(CCCCNC(=O)O)C(=O)C(N)=O)N(C(=O)C(CC2CCCCC2)NC(=O)c2ccc3cnccc3c2)C1. The van der Waals surface area contributed by atoms with Crippen molar-refractivity contribution in [1.82, 2.24) is 40.8 Å². The molecule has 1 aliphatic heterocycles. The number of amides is 5. The molecular weight excluding hydrogens is 698 g/mol. The van der Waals surface area contributed by atoms with Gasteiger partial charge < -0.3 is 36.8 Å². The Labute approximate surface area is 312 Å². The van der Waals surface area contributed by atoms with Crippen molar-refractivity contribution in [2.45, 2.75) is 108 Å². The highest BCUT2D eigenvalue weighted by Gasteiger charge is 2.45. The van der Waals surface area contributed by atoms with E-state index in [2.05, 4.69) is 31.2 Å². The number of aliphatic hydroxyl groups is 1. The summed E-state index contributed by atoms with van der Waals surface area (Å²) >= 11 is 0. The third kappa shape index (κ3) is 9.94. The Balaban J connectivity index is 1.44. The number of carbonyl (C=O) groups excluding carboxylic acids is 5. The second kappa shape index (κ2) is 17.6. The first kappa shape index (κ1) is 39.8. The number of unbranched alkanes of at least 4 members (excludes halogenated alkanes) is 1. The number of nitrogens with zero attached hydrogens (tertiary/aromatic N) is 5. The molecule has 2 unspecified atom stereocenters. The van der Waals surface area contributed by atoms with Crippen molar-refractivity contribution in [2.24, 2.45) is 11.7 Å². The Bertz CT molecular complexity index is 1850. The van der Waals surface area contributed by atoms with Crippen molar-refractivity contribution in [3.8, 4) is 0 Å². The normalized spacial score (nSPS) is 18.8. The zero-order valence-corrected chi connectivity index (χ0v) is 30.6. The van der Waals surface area contributed by atoms with Gasteiger partial charge in [-0.05, 0) is 69.0 Å². The number of hydrogen-bond acceptors (Lipinski definition) is 10. The molecule has 0 radical (unpaired) electrons. The van der Waals surface area contributed by atoms with E-state index in [1.807, 2.05) is 0 Å². The lowest BCUT2D eigenvalue weighted by Crippen LogP contribution is -2.56. The van der Waals surface area contributed by atoms with Crippen LogP contribution in [0.2, 0.25) is 0 Å². The van der Waals surface area contributed by atoms with Gasteiger partial charge in [0.2, 0.25) is 17.6 Å². The van der Waals surface area contributed by atoms with Crippen LogP contribution in [0.15, 0.2) is 42.9 Å². The number of ketones is 1. The number of nitrogens with one attached hydrogen (secondary N) is 3. The molecule has 2 aromatic heterocycles. The molecule has 54 heavy (non-hydrogen) atoms. The quantitative estimate of drug-likeness (QED) is 0.0912. The van der Waals surface area contributed by atoms with Crippen LogP contribution >= 0.6 is 0 Å². The highest BCUT2D eigenvalue weighted by atomic mass is 16.4. The second-order valence-corrected chi connectivity index (χ2v) is 14.7. The molecule has 1 saturated heterocycles. The summed E-state index contributed by atoms with van der Waals surface area (Å²) in [7, 11) is 0. The van der Waals surface area contributed by atoms with E-state index in [9.17, 15) is 33.9 Å². The molecule has 1 aromatic carbocycles. The monoisotopic (exact) mass is 747 g/mol. The van der Waals surface area contributed by atoms with E-state index in [0.717, 1.165) is 42.9 Å². The molecule has 5 rings (SSSR count). The van der Waals surface area contributed by atoms with Crippen LogP contribution < -0.4 is 21.7 Å². The van der Waals surface area contributed by atoms with E-state index in [1.165, 1.54) is 15.8 Å². The molecule has 3 aromatic rings. The van der Waals surface area contributed by atoms with Gasteiger partial charge in [-0.15, -0.1) is 5.10 Å². The molecule has 5 amide bonds. The second-order valence-electron chi connectivity index (χ2n) is 14.7. The third-order valence-corrected chi connectivity index (χ3v) is 10.3. The number of rotatable bonds is 16. The van der Waals surface area contributed by atoms with Gasteiger partial charge in [0.25, 0.3) is 11.8 Å². The maximum atomic E-state index is 14.8. The first-order valence-corrected chi connectivity index (χ1v) is 18.4. The minimum absolute atomic E-state index is 0.00693. The summed E-state index contributed by atoms with van der Waals surface area (Å²) in [5.74, 6) is -3.79. The number of hydrogen-bond donors (Lipinski definition) is 6. The van der Waals surface area contributed by atoms with Crippen LogP contribution in [0.1, 0.15) is 100 Å². The van der Waals surface area contributed by atoms with Crippen LogP contribution in [0.3, 0.4) is 0 Å². The van der Waals surface area contributed by atoms with Crippen molar-refractivity contribution in [2.75, 3.05) is 13.1 Å². The van der Waals surface area contributed by atoms with Crippen LogP contribution in [0, 0.1) is 5.92 Å². The number of nitrogens with two attached hydrogens (primary N) is 1. The lowest BCUT2D eigenvalue weighted by Gasteiger charge is -2.32. The van der Waals surface area contributed by atoms with Gasteiger partial charge in [0.15, 0.2) is 0 Å². The first-order chi connectivity index (χ1) is 25.7. The highest BCUT2D eigenvalue weighted by molar-refractivity contribution is 6.37. The fourth-order valence-electron chi connectivity index (χ4n) is 7.46. The van der Waals surface area contributed by atoms with Crippen LogP contribution in [0.4, 0.5) is 4.79 Å². The topological polar surface area (TPSA) is 252 Å². The number of pyridine rings is 1. The minimum atomic E-state index is -1.36. The standard InChI is InChI=1S/C37H49N9O8/c1-37(2,54)30-20-41-44-46(30)26-18-29(34(50)42-27(31(47)32(38)48)10-6-7-14-40-36(52)53)45(21-26)35(51)28(16-22-8-4-3-5-9-22)43-33(49)24-11-12-25-19-39-15-13-23(25)17-24/h11-13,15,17,19-20,22,26-29,40,54H,3-10,14,16,18,21H2,1-2H3,(H2,38,48)(H,42,50)(H,43,49)(H,52,53)/t26-,27?,28?,29-/m0/s1. The van der Waals surface area contributed by atoms with Gasteiger partial charge in [-0.2, -0.15) is 0 Å². The molecule has 2 aliphatic rings. The molecule has 7 N–H and O–H groups in total. The Kier molecular flexibility index (Phi) is 12.9. The summed E-state index contributed by atoms with van der Waals surface area (Å²) in [5.41, 5.74) is 4.68. The van der Waals surface area contributed by atoms with Gasteiger partial charge in [0, 0.05) is 42.9 Å². The smallest absolute Gasteiger partial charge is 0.404 e. The van der Waals surface area contributed by atoms with Gasteiger partial charge in [0.1, 0.15) is 17.7 Å². The molecule has 0 spiro atoms. The highest BCUT2D eigenvalue weighted by Crippen LogP contribution is 2.33. The zero-order valence-electron chi connectivity index (χ0n) is 30.6. The summed E-state index contributed by atoms with van der Waals surface area (Å²) in [6.45, 7) is 3.20. The molecule has 2 fully saturated rings. The predicted molar refractivity (Wildman–Crippen MR) is 195 cm³/mol. The van der Waals surface area contributed by atoms with Gasteiger partial charge in [-0.1, -0.05) is 43.4 Å². The molecule has 1 saturated carbocycles. The molecule has 290 valence electrons. The Hall–Kier alpha value is -5.45. The number of carbonyl (C=O) groups is 6.